The molecule has 0 aliphatic rings. The minimum Gasteiger partial charge on any atom is -0.487 e. The van der Waals surface area contributed by atoms with Crippen LogP contribution in [0.4, 0.5) is 0 Å². The summed E-state index contributed by atoms with van der Waals surface area (Å²) in [6, 6.07) is 14.1. The van der Waals surface area contributed by atoms with Crippen LogP contribution in [0.15, 0.2) is 42.5 Å². The van der Waals surface area contributed by atoms with Crippen LogP contribution in [0, 0.1) is 6.92 Å². The zero-order valence-corrected chi connectivity index (χ0v) is 12.0. The normalized spacial score (nSPS) is 10.5. The molecule has 2 aromatic carbocycles. The van der Waals surface area contributed by atoms with Gasteiger partial charge in [-0.05, 0) is 37.2 Å². The first-order chi connectivity index (χ1) is 9.19. The van der Waals surface area contributed by atoms with Gasteiger partial charge in [-0.1, -0.05) is 47.5 Å². The second-order valence-electron chi connectivity index (χ2n) is 4.57. The molecule has 0 heterocycles. The predicted molar refractivity (Wildman–Crippen MR) is 79.7 cm³/mol. The van der Waals surface area contributed by atoms with Gasteiger partial charge in [-0.15, -0.1) is 0 Å². The standard InChI is InChI=1S/C16H18ClNO/c1-12-4-3-5-14(8-12)11-19-16-7-6-13(10-18-2)9-15(16)17/h3-9,18H,10-11H2,1-2H3. The zero-order chi connectivity index (χ0) is 13.7. The largest absolute Gasteiger partial charge is 0.487 e. The van der Waals surface area contributed by atoms with E-state index in [1.54, 1.807) is 0 Å². The first kappa shape index (κ1) is 13.9. The van der Waals surface area contributed by atoms with Crippen molar-refractivity contribution in [1.82, 2.24) is 5.32 Å². The maximum atomic E-state index is 6.21. The molecule has 0 fully saturated rings. The number of benzene rings is 2. The summed E-state index contributed by atoms with van der Waals surface area (Å²) in [4.78, 5) is 0. The van der Waals surface area contributed by atoms with Crippen molar-refractivity contribution >= 4 is 11.6 Å². The Labute approximate surface area is 119 Å². The summed E-state index contributed by atoms with van der Waals surface area (Å²) in [5, 5.41) is 3.75. The van der Waals surface area contributed by atoms with E-state index in [1.807, 2.05) is 31.3 Å². The lowest BCUT2D eigenvalue weighted by Crippen LogP contribution is -2.05. The molecule has 0 unspecified atom stereocenters. The Morgan fingerprint density at radius 1 is 1.11 bits per heavy atom. The van der Waals surface area contributed by atoms with Gasteiger partial charge in [0, 0.05) is 6.54 Å². The molecule has 0 bridgehead atoms. The monoisotopic (exact) mass is 275 g/mol. The van der Waals surface area contributed by atoms with Gasteiger partial charge in [0.05, 0.1) is 5.02 Å². The van der Waals surface area contributed by atoms with Crippen LogP contribution < -0.4 is 10.1 Å². The Morgan fingerprint density at radius 2 is 1.95 bits per heavy atom. The molecule has 2 rings (SSSR count). The van der Waals surface area contributed by atoms with Crippen molar-refractivity contribution in [3.05, 3.63) is 64.2 Å². The summed E-state index contributed by atoms with van der Waals surface area (Å²) in [5.74, 6) is 0.725. The highest BCUT2D eigenvalue weighted by Gasteiger charge is 2.03. The predicted octanol–water partition coefficient (Wildman–Crippen LogP) is 3.95. The van der Waals surface area contributed by atoms with E-state index in [4.69, 9.17) is 16.3 Å². The maximum Gasteiger partial charge on any atom is 0.138 e. The minimum absolute atomic E-state index is 0.534. The third-order valence-corrected chi connectivity index (χ3v) is 3.15. The number of hydrogen-bond acceptors (Lipinski definition) is 2. The van der Waals surface area contributed by atoms with Crippen molar-refractivity contribution in [3.8, 4) is 5.75 Å². The molecule has 100 valence electrons. The first-order valence-corrected chi connectivity index (χ1v) is 6.68. The summed E-state index contributed by atoms with van der Waals surface area (Å²) in [6.45, 7) is 3.41. The number of aryl methyl sites for hydroxylation is 1. The van der Waals surface area contributed by atoms with Crippen molar-refractivity contribution in [2.24, 2.45) is 0 Å². The van der Waals surface area contributed by atoms with Gasteiger partial charge in [0.15, 0.2) is 0 Å². The Hall–Kier alpha value is -1.51. The van der Waals surface area contributed by atoms with Gasteiger partial charge in [-0.25, -0.2) is 0 Å². The molecule has 0 saturated carbocycles. The second kappa shape index (κ2) is 6.60. The molecule has 1 N–H and O–H groups in total. The average Bonchev–Trinajstić information content (AvgIpc) is 2.38. The van der Waals surface area contributed by atoms with Crippen molar-refractivity contribution in [3.63, 3.8) is 0 Å². The third kappa shape index (κ3) is 3.98. The lowest BCUT2D eigenvalue weighted by atomic mass is 10.1. The number of halogens is 1. The van der Waals surface area contributed by atoms with Crippen LogP contribution in [0.25, 0.3) is 0 Å². The van der Waals surface area contributed by atoms with E-state index >= 15 is 0 Å². The summed E-state index contributed by atoms with van der Waals surface area (Å²) in [5.41, 5.74) is 3.53. The Kier molecular flexibility index (Phi) is 4.83. The molecule has 0 saturated heterocycles. The summed E-state index contributed by atoms with van der Waals surface area (Å²) in [7, 11) is 1.91. The van der Waals surface area contributed by atoms with E-state index in [2.05, 4.69) is 30.4 Å². The number of rotatable bonds is 5. The van der Waals surface area contributed by atoms with E-state index in [9.17, 15) is 0 Å². The van der Waals surface area contributed by atoms with Gasteiger partial charge in [-0.3, -0.25) is 0 Å². The zero-order valence-electron chi connectivity index (χ0n) is 11.2. The molecule has 2 aromatic rings. The van der Waals surface area contributed by atoms with Gasteiger partial charge in [0.2, 0.25) is 0 Å². The van der Waals surface area contributed by atoms with Gasteiger partial charge in [0.25, 0.3) is 0 Å². The van der Waals surface area contributed by atoms with Crippen molar-refractivity contribution < 1.29 is 4.74 Å². The Balaban J connectivity index is 2.03. The molecular weight excluding hydrogens is 258 g/mol. The summed E-state index contributed by atoms with van der Waals surface area (Å²) in [6.07, 6.45) is 0. The van der Waals surface area contributed by atoms with Crippen molar-refractivity contribution in [2.75, 3.05) is 7.05 Å². The van der Waals surface area contributed by atoms with Gasteiger partial charge >= 0.3 is 0 Å². The molecule has 0 amide bonds. The molecule has 0 aliphatic heterocycles. The summed E-state index contributed by atoms with van der Waals surface area (Å²) < 4.78 is 5.76. The smallest absolute Gasteiger partial charge is 0.138 e. The maximum absolute atomic E-state index is 6.21. The molecule has 19 heavy (non-hydrogen) atoms. The van der Waals surface area contributed by atoms with E-state index in [1.165, 1.54) is 5.56 Å². The molecule has 0 aliphatic carbocycles. The van der Waals surface area contributed by atoms with Crippen LogP contribution in [0.5, 0.6) is 5.75 Å². The fraction of sp³-hybridized carbons (Fsp3) is 0.250. The van der Waals surface area contributed by atoms with Gasteiger partial charge in [0.1, 0.15) is 12.4 Å². The fourth-order valence-electron chi connectivity index (χ4n) is 1.94. The SMILES string of the molecule is CNCc1ccc(OCc2cccc(C)c2)c(Cl)c1. The van der Waals surface area contributed by atoms with Crippen molar-refractivity contribution in [1.29, 1.82) is 0 Å². The topological polar surface area (TPSA) is 21.3 Å². The van der Waals surface area contributed by atoms with Crippen molar-refractivity contribution in [2.45, 2.75) is 20.1 Å². The Bertz CT molecular complexity index is 554. The van der Waals surface area contributed by atoms with E-state index in [-0.39, 0.29) is 0 Å². The molecule has 2 nitrogen and oxygen atoms in total. The van der Waals surface area contributed by atoms with Gasteiger partial charge in [-0.2, -0.15) is 0 Å². The van der Waals surface area contributed by atoms with E-state index in [0.717, 1.165) is 23.4 Å². The summed E-state index contributed by atoms with van der Waals surface area (Å²) >= 11 is 6.21. The fourth-order valence-corrected chi connectivity index (χ4v) is 2.20. The highest BCUT2D eigenvalue weighted by Crippen LogP contribution is 2.26. The number of hydrogen-bond donors (Lipinski definition) is 1. The number of ether oxygens (including phenoxy) is 1. The van der Waals surface area contributed by atoms with Crippen LogP contribution in [-0.4, -0.2) is 7.05 Å². The van der Waals surface area contributed by atoms with E-state index in [0.29, 0.717) is 11.6 Å². The second-order valence-corrected chi connectivity index (χ2v) is 4.98. The van der Waals surface area contributed by atoms with Crippen LogP contribution >= 0.6 is 11.6 Å². The quantitative estimate of drug-likeness (QED) is 0.892. The highest BCUT2D eigenvalue weighted by molar-refractivity contribution is 6.32. The van der Waals surface area contributed by atoms with Crippen LogP contribution in [0.2, 0.25) is 5.02 Å². The molecular formula is C16H18ClNO. The third-order valence-electron chi connectivity index (χ3n) is 2.85. The number of nitrogens with one attached hydrogen (secondary N) is 1. The molecule has 3 heteroatoms. The molecule has 0 radical (unpaired) electrons. The molecule has 0 atom stereocenters. The minimum atomic E-state index is 0.534. The lowest BCUT2D eigenvalue weighted by molar-refractivity contribution is 0.306. The molecule has 0 aromatic heterocycles. The Morgan fingerprint density at radius 3 is 2.63 bits per heavy atom. The van der Waals surface area contributed by atoms with E-state index < -0.39 is 0 Å². The lowest BCUT2D eigenvalue weighted by Gasteiger charge is -2.10. The molecule has 0 spiro atoms. The first-order valence-electron chi connectivity index (χ1n) is 6.30. The highest BCUT2D eigenvalue weighted by atomic mass is 35.5. The van der Waals surface area contributed by atoms with Gasteiger partial charge < -0.3 is 10.1 Å². The van der Waals surface area contributed by atoms with Crippen LogP contribution in [-0.2, 0) is 13.2 Å². The van der Waals surface area contributed by atoms with Crippen LogP contribution in [0.1, 0.15) is 16.7 Å². The average molecular weight is 276 g/mol. The van der Waals surface area contributed by atoms with Crippen LogP contribution in [0.3, 0.4) is 0 Å².